The van der Waals surface area contributed by atoms with Crippen LogP contribution in [0.4, 0.5) is 5.82 Å². The van der Waals surface area contributed by atoms with E-state index in [0.29, 0.717) is 6.61 Å². The number of aromatic amines is 2. The van der Waals surface area contributed by atoms with Gasteiger partial charge in [-0.05, 0) is 19.1 Å². The maximum absolute atomic E-state index is 11.2. The van der Waals surface area contributed by atoms with Crippen molar-refractivity contribution in [2.24, 2.45) is 0 Å². The van der Waals surface area contributed by atoms with Crippen LogP contribution in [0.25, 0.3) is 0 Å². The van der Waals surface area contributed by atoms with Crippen LogP contribution in [-0.4, -0.2) is 34.3 Å². The number of esters is 1. The maximum atomic E-state index is 11.2. The lowest BCUT2D eigenvalue weighted by molar-refractivity contribution is -0.140. The fourth-order valence-electron chi connectivity index (χ4n) is 0.835. The Morgan fingerprint density at radius 2 is 2.40 bits per heavy atom. The topological polar surface area (TPSA) is 99.9 Å². The zero-order valence-electron chi connectivity index (χ0n) is 7.99. The molecule has 8 heteroatoms. The standard InChI is InChI=1S/C7H10N4O3S/c1-2-14-4(12)3-8-5-6(13)9-7(15)11-10-5/h2-3H2,1H3,(H,8,10)(H2,9,11,13,15). The van der Waals surface area contributed by atoms with Gasteiger partial charge in [-0.1, -0.05) is 0 Å². The number of hydrogen-bond acceptors (Lipinski definition) is 6. The van der Waals surface area contributed by atoms with Gasteiger partial charge in [0, 0.05) is 0 Å². The van der Waals surface area contributed by atoms with Crippen LogP contribution in [0.2, 0.25) is 0 Å². The molecule has 0 saturated heterocycles. The molecule has 0 aromatic carbocycles. The highest BCUT2D eigenvalue weighted by Crippen LogP contribution is 1.88. The molecule has 1 rings (SSSR count). The van der Waals surface area contributed by atoms with Crippen LogP contribution in [0.1, 0.15) is 6.92 Å². The summed E-state index contributed by atoms with van der Waals surface area (Å²) in [5.41, 5.74) is -0.483. The highest BCUT2D eigenvalue weighted by Gasteiger charge is 2.04. The minimum absolute atomic E-state index is 0.00310. The lowest BCUT2D eigenvalue weighted by atomic mass is 10.6. The van der Waals surface area contributed by atoms with Gasteiger partial charge in [-0.15, -0.1) is 5.10 Å². The van der Waals surface area contributed by atoms with Crippen LogP contribution < -0.4 is 10.9 Å². The summed E-state index contributed by atoms with van der Waals surface area (Å²) in [6, 6.07) is 0. The van der Waals surface area contributed by atoms with Crippen LogP contribution in [0.3, 0.4) is 0 Å². The second-order valence-electron chi connectivity index (χ2n) is 2.51. The number of carbonyl (C=O) groups is 1. The first-order chi connectivity index (χ1) is 7.13. The van der Waals surface area contributed by atoms with E-state index in [-0.39, 0.29) is 17.1 Å². The highest BCUT2D eigenvalue weighted by molar-refractivity contribution is 7.71. The number of nitrogens with zero attached hydrogens (tertiary/aromatic N) is 1. The van der Waals surface area contributed by atoms with Crippen LogP contribution in [0, 0.1) is 4.77 Å². The van der Waals surface area contributed by atoms with E-state index in [9.17, 15) is 9.59 Å². The molecule has 0 spiro atoms. The Morgan fingerprint density at radius 3 is 3.00 bits per heavy atom. The average molecular weight is 230 g/mol. The predicted molar refractivity (Wildman–Crippen MR) is 55.2 cm³/mol. The zero-order chi connectivity index (χ0) is 11.3. The molecule has 7 nitrogen and oxygen atoms in total. The lowest BCUT2D eigenvalue weighted by Gasteiger charge is -2.03. The van der Waals surface area contributed by atoms with Gasteiger partial charge in [0.05, 0.1) is 6.61 Å². The third kappa shape index (κ3) is 3.50. The summed E-state index contributed by atoms with van der Waals surface area (Å²) in [7, 11) is 0. The Balaban J connectivity index is 2.62. The summed E-state index contributed by atoms with van der Waals surface area (Å²) in [5, 5.41) is 8.53. The fraction of sp³-hybridized carbons (Fsp3) is 0.429. The summed E-state index contributed by atoms with van der Waals surface area (Å²) < 4.78 is 4.78. The van der Waals surface area contributed by atoms with Gasteiger partial charge in [-0.3, -0.25) is 19.7 Å². The lowest BCUT2D eigenvalue weighted by Crippen LogP contribution is -2.23. The third-order valence-corrected chi connectivity index (χ3v) is 1.61. The molecule has 0 aliphatic carbocycles. The molecule has 0 bridgehead atoms. The number of rotatable bonds is 4. The Hall–Kier alpha value is -1.70. The van der Waals surface area contributed by atoms with Crippen LogP contribution in [0.15, 0.2) is 4.79 Å². The first-order valence-corrected chi connectivity index (χ1v) is 4.62. The van der Waals surface area contributed by atoms with Crippen molar-refractivity contribution in [3.8, 4) is 0 Å². The van der Waals surface area contributed by atoms with E-state index in [1.165, 1.54) is 0 Å². The van der Waals surface area contributed by atoms with Gasteiger partial charge in [-0.25, -0.2) is 0 Å². The van der Waals surface area contributed by atoms with E-state index in [1.807, 2.05) is 0 Å². The molecule has 0 fully saturated rings. The van der Waals surface area contributed by atoms with E-state index < -0.39 is 11.5 Å². The third-order valence-electron chi connectivity index (χ3n) is 1.42. The summed E-state index contributed by atoms with van der Waals surface area (Å²) in [6.45, 7) is 1.87. The summed E-state index contributed by atoms with van der Waals surface area (Å²) >= 11 is 4.64. The maximum Gasteiger partial charge on any atom is 0.325 e. The number of nitrogens with one attached hydrogen (secondary N) is 3. The molecule has 0 unspecified atom stereocenters. The molecule has 0 aliphatic heterocycles. The SMILES string of the molecule is CCOC(=O)CNc1n[nH]c(=S)[nH]c1=O. The van der Waals surface area contributed by atoms with Crippen LogP contribution in [0.5, 0.6) is 0 Å². The predicted octanol–water partition coefficient (Wildman–Crippen LogP) is -0.198. The van der Waals surface area contributed by atoms with Crippen molar-refractivity contribution in [2.75, 3.05) is 18.5 Å². The number of ether oxygens (including phenoxy) is 1. The van der Waals surface area contributed by atoms with E-state index >= 15 is 0 Å². The van der Waals surface area contributed by atoms with Crippen molar-refractivity contribution in [2.45, 2.75) is 6.92 Å². The molecular formula is C7H10N4O3S. The molecule has 1 aromatic rings. The number of H-pyrrole nitrogens is 2. The summed E-state index contributed by atoms with van der Waals surface area (Å²) in [6.07, 6.45) is 0. The van der Waals surface area contributed by atoms with Crippen molar-refractivity contribution >= 4 is 24.0 Å². The van der Waals surface area contributed by atoms with E-state index in [1.54, 1.807) is 6.92 Å². The Bertz CT molecular complexity index is 452. The minimum atomic E-state index is -0.483. The van der Waals surface area contributed by atoms with Crippen molar-refractivity contribution in [3.63, 3.8) is 0 Å². The van der Waals surface area contributed by atoms with Gasteiger partial charge in [-0.2, -0.15) is 0 Å². The summed E-state index contributed by atoms with van der Waals surface area (Å²) in [5.74, 6) is -0.460. The first-order valence-electron chi connectivity index (χ1n) is 4.22. The number of aromatic nitrogens is 3. The Kier molecular flexibility index (Phi) is 3.98. The first kappa shape index (κ1) is 11.4. The quantitative estimate of drug-likeness (QED) is 0.489. The van der Waals surface area contributed by atoms with Crippen LogP contribution >= 0.6 is 12.2 Å². The summed E-state index contributed by atoms with van der Waals surface area (Å²) in [4.78, 5) is 24.5. The molecule has 0 amide bonds. The van der Waals surface area contributed by atoms with E-state index in [2.05, 4.69) is 37.5 Å². The van der Waals surface area contributed by atoms with Crippen molar-refractivity contribution in [1.82, 2.24) is 15.2 Å². The second-order valence-corrected chi connectivity index (χ2v) is 2.92. The number of carbonyl (C=O) groups excluding carboxylic acids is 1. The fourth-order valence-corrected chi connectivity index (χ4v) is 0.974. The molecule has 15 heavy (non-hydrogen) atoms. The largest absolute Gasteiger partial charge is 0.465 e. The van der Waals surface area contributed by atoms with Gasteiger partial charge >= 0.3 is 5.97 Å². The second kappa shape index (κ2) is 5.25. The van der Waals surface area contributed by atoms with Crippen LogP contribution in [-0.2, 0) is 9.53 Å². The molecule has 0 atom stereocenters. The van der Waals surface area contributed by atoms with Gasteiger partial charge < -0.3 is 10.1 Å². The van der Waals surface area contributed by atoms with Gasteiger partial charge in [0.15, 0.2) is 4.77 Å². The number of anilines is 1. The molecular weight excluding hydrogens is 220 g/mol. The molecule has 3 N–H and O–H groups in total. The minimum Gasteiger partial charge on any atom is -0.465 e. The molecule has 0 radical (unpaired) electrons. The average Bonchev–Trinajstić information content (AvgIpc) is 2.17. The van der Waals surface area contributed by atoms with Crippen molar-refractivity contribution in [3.05, 3.63) is 15.1 Å². The molecule has 0 saturated carbocycles. The monoisotopic (exact) mass is 230 g/mol. The molecule has 0 aliphatic rings. The Labute approximate surface area is 89.9 Å². The van der Waals surface area contributed by atoms with Gasteiger partial charge in [0.25, 0.3) is 5.56 Å². The van der Waals surface area contributed by atoms with Crippen molar-refractivity contribution in [1.29, 1.82) is 0 Å². The highest BCUT2D eigenvalue weighted by atomic mass is 32.1. The van der Waals surface area contributed by atoms with E-state index in [0.717, 1.165) is 0 Å². The normalized spacial score (nSPS) is 9.67. The van der Waals surface area contributed by atoms with Crippen molar-refractivity contribution < 1.29 is 9.53 Å². The molecule has 82 valence electrons. The zero-order valence-corrected chi connectivity index (χ0v) is 8.81. The smallest absolute Gasteiger partial charge is 0.325 e. The Morgan fingerprint density at radius 1 is 1.67 bits per heavy atom. The van der Waals surface area contributed by atoms with Gasteiger partial charge in [0.2, 0.25) is 5.82 Å². The van der Waals surface area contributed by atoms with Gasteiger partial charge in [0.1, 0.15) is 6.54 Å². The number of hydrogen-bond donors (Lipinski definition) is 3. The van der Waals surface area contributed by atoms with E-state index in [4.69, 9.17) is 0 Å². The molecule has 1 aromatic heterocycles. The molecule has 1 heterocycles.